The number of aromatic nitrogens is 1. The van der Waals surface area contributed by atoms with E-state index in [1.807, 2.05) is 6.92 Å². The first kappa shape index (κ1) is 14.5. The number of carboxylic acid groups (broad SMARTS) is 1. The first-order chi connectivity index (χ1) is 9.57. The Bertz CT molecular complexity index is 510. The standard InChI is InChI=1S/C14H19N3O3/c1-2-14(4-6-15-9-14)13(20)17-8-11-7-10(12(18)19)3-5-16-11/h3,5,7,15H,2,4,6,8-9H2,1H3,(H,17,20)(H,18,19). The lowest BCUT2D eigenvalue weighted by Crippen LogP contribution is -2.41. The van der Waals surface area contributed by atoms with Gasteiger partial charge in [-0.25, -0.2) is 4.79 Å². The van der Waals surface area contributed by atoms with Gasteiger partial charge in [0.25, 0.3) is 0 Å². The molecule has 20 heavy (non-hydrogen) atoms. The van der Waals surface area contributed by atoms with Gasteiger partial charge in [0.05, 0.1) is 23.2 Å². The van der Waals surface area contributed by atoms with Crippen LogP contribution in [0.25, 0.3) is 0 Å². The number of carboxylic acids is 1. The molecule has 1 aromatic rings. The van der Waals surface area contributed by atoms with Gasteiger partial charge in [-0.05, 0) is 31.5 Å². The summed E-state index contributed by atoms with van der Waals surface area (Å²) < 4.78 is 0. The molecule has 2 rings (SSSR count). The van der Waals surface area contributed by atoms with E-state index in [4.69, 9.17) is 5.11 Å². The van der Waals surface area contributed by atoms with Crippen LogP contribution in [0.1, 0.15) is 35.8 Å². The quantitative estimate of drug-likeness (QED) is 0.740. The van der Waals surface area contributed by atoms with E-state index >= 15 is 0 Å². The van der Waals surface area contributed by atoms with E-state index in [1.165, 1.54) is 18.3 Å². The largest absolute Gasteiger partial charge is 0.478 e. The number of nitrogens with one attached hydrogen (secondary N) is 2. The Morgan fingerprint density at radius 2 is 2.35 bits per heavy atom. The van der Waals surface area contributed by atoms with Crippen LogP contribution in [-0.4, -0.2) is 35.1 Å². The van der Waals surface area contributed by atoms with Gasteiger partial charge in [-0.2, -0.15) is 0 Å². The summed E-state index contributed by atoms with van der Waals surface area (Å²) >= 11 is 0. The normalized spacial score (nSPS) is 21.6. The summed E-state index contributed by atoms with van der Waals surface area (Å²) in [7, 11) is 0. The number of hydrogen-bond acceptors (Lipinski definition) is 4. The number of nitrogens with zero attached hydrogens (tertiary/aromatic N) is 1. The molecule has 0 spiro atoms. The molecule has 6 heteroatoms. The third kappa shape index (κ3) is 2.96. The first-order valence-corrected chi connectivity index (χ1v) is 6.75. The molecule has 0 bridgehead atoms. The van der Waals surface area contributed by atoms with Crippen LogP contribution >= 0.6 is 0 Å². The highest BCUT2D eigenvalue weighted by Crippen LogP contribution is 2.29. The lowest BCUT2D eigenvalue weighted by Gasteiger charge is -2.25. The fraction of sp³-hybridized carbons (Fsp3) is 0.500. The topological polar surface area (TPSA) is 91.3 Å². The second-order valence-corrected chi connectivity index (χ2v) is 5.08. The molecule has 3 N–H and O–H groups in total. The maximum atomic E-state index is 12.3. The maximum absolute atomic E-state index is 12.3. The summed E-state index contributed by atoms with van der Waals surface area (Å²) in [6.07, 6.45) is 3.06. The van der Waals surface area contributed by atoms with Gasteiger partial charge >= 0.3 is 5.97 Å². The lowest BCUT2D eigenvalue weighted by molar-refractivity contribution is -0.130. The monoisotopic (exact) mass is 277 g/mol. The smallest absolute Gasteiger partial charge is 0.335 e. The van der Waals surface area contributed by atoms with Crippen LogP contribution in [0.4, 0.5) is 0 Å². The van der Waals surface area contributed by atoms with E-state index in [1.54, 1.807) is 0 Å². The Morgan fingerprint density at radius 3 is 2.95 bits per heavy atom. The zero-order valence-corrected chi connectivity index (χ0v) is 11.5. The molecule has 1 atom stereocenters. The highest BCUT2D eigenvalue weighted by Gasteiger charge is 2.39. The zero-order chi connectivity index (χ0) is 14.6. The number of rotatable bonds is 5. The van der Waals surface area contributed by atoms with Crippen molar-refractivity contribution in [3.05, 3.63) is 29.6 Å². The molecule has 1 aliphatic heterocycles. The highest BCUT2D eigenvalue weighted by molar-refractivity contribution is 5.87. The van der Waals surface area contributed by atoms with Gasteiger partial charge in [0.1, 0.15) is 0 Å². The molecular formula is C14H19N3O3. The number of amides is 1. The van der Waals surface area contributed by atoms with Gasteiger partial charge in [0, 0.05) is 12.7 Å². The minimum absolute atomic E-state index is 0.00697. The van der Waals surface area contributed by atoms with E-state index in [-0.39, 0.29) is 23.4 Å². The van der Waals surface area contributed by atoms with Crippen molar-refractivity contribution in [3.63, 3.8) is 0 Å². The minimum atomic E-state index is -0.995. The van der Waals surface area contributed by atoms with Gasteiger partial charge in [-0.1, -0.05) is 6.92 Å². The zero-order valence-electron chi connectivity index (χ0n) is 11.5. The van der Waals surface area contributed by atoms with E-state index in [0.29, 0.717) is 12.2 Å². The average Bonchev–Trinajstić information content (AvgIpc) is 2.95. The van der Waals surface area contributed by atoms with Crippen LogP contribution in [0, 0.1) is 5.41 Å². The fourth-order valence-corrected chi connectivity index (χ4v) is 2.47. The molecular weight excluding hydrogens is 258 g/mol. The maximum Gasteiger partial charge on any atom is 0.335 e. The van der Waals surface area contributed by atoms with Crippen LogP contribution < -0.4 is 10.6 Å². The van der Waals surface area contributed by atoms with E-state index in [0.717, 1.165) is 19.4 Å². The molecule has 1 unspecified atom stereocenters. The molecule has 6 nitrogen and oxygen atoms in total. The van der Waals surface area contributed by atoms with Crippen molar-refractivity contribution in [2.45, 2.75) is 26.3 Å². The van der Waals surface area contributed by atoms with Gasteiger partial charge in [0.15, 0.2) is 0 Å². The SMILES string of the molecule is CCC1(C(=O)NCc2cc(C(=O)O)ccn2)CCNC1. The number of carbonyl (C=O) groups excluding carboxylic acids is 1. The van der Waals surface area contributed by atoms with Crippen LogP contribution in [0.15, 0.2) is 18.3 Å². The van der Waals surface area contributed by atoms with Crippen LogP contribution in [0.3, 0.4) is 0 Å². The van der Waals surface area contributed by atoms with E-state index < -0.39 is 5.97 Å². The molecule has 0 aliphatic carbocycles. The van der Waals surface area contributed by atoms with E-state index in [9.17, 15) is 9.59 Å². The molecule has 0 radical (unpaired) electrons. The Kier molecular flexibility index (Phi) is 4.34. The molecule has 1 aromatic heterocycles. The van der Waals surface area contributed by atoms with Crippen LogP contribution in [0.5, 0.6) is 0 Å². The molecule has 108 valence electrons. The van der Waals surface area contributed by atoms with E-state index in [2.05, 4.69) is 15.6 Å². The summed E-state index contributed by atoms with van der Waals surface area (Å²) in [5.74, 6) is -0.988. The Balaban J connectivity index is 1.99. The molecule has 1 aliphatic rings. The van der Waals surface area contributed by atoms with Crippen molar-refractivity contribution in [2.24, 2.45) is 5.41 Å². The van der Waals surface area contributed by atoms with Gasteiger partial charge < -0.3 is 15.7 Å². The van der Waals surface area contributed by atoms with Crippen molar-refractivity contribution >= 4 is 11.9 Å². The highest BCUT2D eigenvalue weighted by atomic mass is 16.4. The van der Waals surface area contributed by atoms with Crippen molar-refractivity contribution in [1.82, 2.24) is 15.6 Å². The summed E-state index contributed by atoms with van der Waals surface area (Å²) in [4.78, 5) is 27.2. The first-order valence-electron chi connectivity index (χ1n) is 6.75. The number of carbonyl (C=O) groups is 2. The van der Waals surface area contributed by atoms with Crippen LogP contribution in [-0.2, 0) is 11.3 Å². The van der Waals surface area contributed by atoms with Gasteiger partial charge in [0.2, 0.25) is 5.91 Å². The fourth-order valence-electron chi connectivity index (χ4n) is 2.47. The Morgan fingerprint density at radius 1 is 1.55 bits per heavy atom. The summed E-state index contributed by atoms with van der Waals surface area (Å²) in [6, 6.07) is 2.91. The Labute approximate surface area is 117 Å². The third-order valence-electron chi connectivity index (χ3n) is 3.90. The number of hydrogen-bond donors (Lipinski definition) is 3. The minimum Gasteiger partial charge on any atom is -0.478 e. The predicted molar refractivity (Wildman–Crippen MR) is 73.3 cm³/mol. The van der Waals surface area contributed by atoms with Crippen molar-refractivity contribution in [3.8, 4) is 0 Å². The Hall–Kier alpha value is -1.95. The second-order valence-electron chi connectivity index (χ2n) is 5.08. The van der Waals surface area contributed by atoms with Crippen molar-refractivity contribution in [1.29, 1.82) is 0 Å². The van der Waals surface area contributed by atoms with Crippen LogP contribution in [0.2, 0.25) is 0 Å². The lowest BCUT2D eigenvalue weighted by atomic mass is 9.83. The number of pyridine rings is 1. The molecule has 0 aromatic carbocycles. The molecule has 0 saturated carbocycles. The molecule has 2 heterocycles. The van der Waals surface area contributed by atoms with Gasteiger partial charge in [-0.3, -0.25) is 9.78 Å². The number of aromatic carboxylic acids is 1. The summed E-state index contributed by atoms with van der Waals surface area (Å²) in [5.41, 5.74) is 0.386. The predicted octanol–water partition coefficient (Wildman–Crippen LogP) is 0.786. The molecule has 1 saturated heterocycles. The van der Waals surface area contributed by atoms with Crippen molar-refractivity contribution < 1.29 is 14.7 Å². The summed E-state index contributed by atoms with van der Waals surface area (Å²) in [6.45, 7) is 3.81. The molecule has 1 fully saturated rings. The third-order valence-corrected chi connectivity index (χ3v) is 3.90. The summed E-state index contributed by atoms with van der Waals surface area (Å²) in [5, 5.41) is 15.0. The van der Waals surface area contributed by atoms with Gasteiger partial charge in [-0.15, -0.1) is 0 Å². The second kappa shape index (κ2) is 6.00. The van der Waals surface area contributed by atoms with Crippen molar-refractivity contribution in [2.75, 3.05) is 13.1 Å². The average molecular weight is 277 g/mol. The molecule has 1 amide bonds.